The second-order valence-corrected chi connectivity index (χ2v) is 3.77. The van der Waals surface area contributed by atoms with Crippen LogP contribution in [0.5, 0.6) is 0 Å². The van der Waals surface area contributed by atoms with E-state index in [1.165, 1.54) is 0 Å². The van der Waals surface area contributed by atoms with E-state index >= 15 is 0 Å². The molecular formula is C13H3F6N. The van der Waals surface area contributed by atoms with Crippen LogP contribution in [-0.4, -0.2) is 0 Å². The Kier molecular flexibility index (Phi) is 3.40. The second-order valence-electron chi connectivity index (χ2n) is 3.77. The van der Waals surface area contributed by atoms with Gasteiger partial charge in [0.2, 0.25) is 0 Å². The van der Waals surface area contributed by atoms with Gasteiger partial charge in [0.25, 0.3) is 0 Å². The van der Waals surface area contributed by atoms with Crippen molar-refractivity contribution < 1.29 is 26.3 Å². The Hall–Kier alpha value is -2.49. The zero-order valence-corrected chi connectivity index (χ0v) is 9.45. The van der Waals surface area contributed by atoms with E-state index in [9.17, 15) is 26.3 Å². The molecule has 7 heteroatoms. The highest BCUT2D eigenvalue weighted by Crippen LogP contribution is 2.32. The molecule has 0 fully saturated rings. The summed E-state index contributed by atoms with van der Waals surface area (Å²) in [5.74, 6) is -9.46. The topological polar surface area (TPSA) is 23.8 Å². The lowest BCUT2D eigenvalue weighted by Crippen LogP contribution is -2.01. The Bertz CT molecular complexity index is 748. The molecule has 0 N–H and O–H groups in total. The summed E-state index contributed by atoms with van der Waals surface area (Å²) in [5, 5.41) is 8.55. The highest BCUT2D eigenvalue weighted by atomic mass is 19.2. The minimum absolute atomic E-state index is 0.138. The van der Waals surface area contributed by atoms with Crippen molar-refractivity contribution in [1.29, 1.82) is 5.26 Å². The zero-order valence-electron chi connectivity index (χ0n) is 9.45. The molecule has 0 heterocycles. The molecule has 0 bridgehead atoms. The fourth-order valence-electron chi connectivity index (χ4n) is 1.68. The molecule has 2 rings (SSSR count). The van der Waals surface area contributed by atoms with Crippen molar-refractivity contribution in [1.82, 2.24) is 0 Å². The van der Waals surface area contributed by atoms with Crippen LogP contribution in [0.4, 0.5) is 26.3 Å². The Balaban J connectivity index is 2.88. The van der Waals surface area contributed by atoms with Gasteiger partial charge in [-0.2, -0.15) is 5.26 Å². The van der Waals surface area contributed by atoms with Crippen LogP contribution in [-0.2, 0) is 0 Å². The first-order valence-corrected chi connectivity index (χ1v) is 5.09. The van der Waals surface area contributed by atoms with Gasteiger partial charge in [0.1, 0.15) is 29.1 Å². The van der Waals surface area contributed by atoms with E-state index in [0.717, 1.165) is 6.07 Å². The van der Waals surface area contributed by atoms with E-state index in [1.54, 1.807) is 0 Å². The van der Waals surface area contributed by atoms with Gasteiger partial charge >= 0.3 is 0 Å². The highest BCUT2D eigenvalue weighted by Gasteiger charge is 2.24. The molecule has 102 valence electrons. The maximum Gasteiger partial charge on any atom is 0.167 e. The molecule has 20 heavy (non-hydrogen) atoms. The Morgan fingerprint density at radius 1 is 0.750 bits per heavy atom. The van der Waals surface area contributed by atoms with Crippen molar-refractivity contribution >= 4 is 0 Å². The SMILES string of the molecule is N#Cc1c(F)cc(F)c(-c2cc(F)cc(F)c2F)c1F. The van der Waals surface area contributed by atoms with E-state index in [4.69, 9.17) is 5.26 Å². The van der Waals surface area contributed by atoms with Crippen LogP contribution in [0, 0.1) is 46.2 Å². The average molecular weight is 287 g/mol. The first-order valence-electron chi connectivity index (χ1n) is 5.09. The van der Waals surface area contributed by atoms with Crippen LogP contribution < -0.4 is 0 Å². The van der Waals surface area contributed by atoms with Gasteiger partial charge in [0, 0.05) is 17.7 Å². The summed E-state index contributed by atoms with van der Waals surface area (Å²) in [5.41, 5.74) is -3.46. The van der Waals surface area contributed by atoms with E-state index < -0.39 is 51.6 Å². The number of hydrogen-bond acceptors (Lipinski definition) is 1. The van der Waals surface area contributed by atoms with Crippen LogP contribution in [0.15, 0.2) is 18.2 Å². The summed E-state index contributed by atoms with van der Waals surface area (Å²) in [4.78, 5) is 0. The largest absolute Gasteiger partial charge is 0.207 e. The number of rotatable bonds is 1. The van der Waals surface area contributed by atoms with Gasteiger partial charge in [0.05, 0.1) is 5.56 Å². The molecule has 0 aliphatic carbocycles. The van der Waals surface area contributed by atoms with Crippen LogP contribution in [0.25, 0.3) is 11.1 Å². The monoisotopic (exact) mass is 287 g/mol. The van der Waals surface area contributed by atoms with Crippen LogP contribution in [0.3, 0.4) is 0 Å². The first kappa shape index (κ1) is 13.9. The number of halogens is 6. The van der Waals surface area contributed by atoms with Crippen molar-refractivity contribution in [2.45, 2.75) is 0 Å². The molecule has 2 aromatic carbocycles. The molecule has 0 aliphatic heterocycles. The first-order chi connectivity index (χ1) is 9.36. The lowest BCUT2D eigenvalue weighted by Gasteiger charge is -2.09. The van der Waals surface area contributed by atoms with Gasteiger partial charge in [-0.3, -0.25) is 0 Å². The Morgan fingerprint density at radius 3 is 2.00 bits per heavy atom. The summed E-state index contributed by atoms with van der Waals surface area (Å²) in [7, 11) is 0. The maximum absolute atomic E-state index is 13.8. The fourth-order valence-corrected chi connectivity index (χ4v) is 1.68. The molecule has 0 radical (unpaired) electrons. The van der Waals surface area contributed by atoms with Gasteiger partial charge in [-0.05, 0) is 6.07 Å². The van der Waals surface area contributed by atoms with Crippen molar-refractivity contribution in [3.63, 3.8) is 0 Å². The number of benzene rings is 2. The van der Waals surface area contributed by atoms with Gasteiger partial charge in [-0.15, -0.1) is 0 Å². The third kappa shape index (κ3) is 2.09. The van der Waals surface area contributed by atoms with Crippen LogP contribution >= 0.6 is 0 Å². The summed E-state index contributed by atoms with van der Waals surface area (Å²) in [6, 6.07) is 1.79. The average Bonchev–Trinajstić information content (AvgIpc) is 2.35. The van der Waals surface area contributed by atoms with Crippen molar-refractivity contribution in [2.24, 2.45) is 0 Å². The standard InChI is InChI=1S/C13H3F6N/c14-5-1-6(12(18)10(17)2-5)11-9(16)3-8(15)7(4-20)13(11)19/h1-3H. The van der Waals surface area contributed by atoms with Crippen molar-refractivity contribution in [2.75, 3.05) is 0 Å². The molecular weight excluding hydrogens is 284 g/mol. The Morgan fingerprint density at radius 2 is 1.40 bits per heavy atom. The number of nitriles is 1. The highest BCUT2D eigenvalue weighted by molar-refractivity contribution is 5.68. The van der Waals surface area contributed by atoms with Gasteiger partial charge in [-0.25, -0.2) is 26.3 Å². The number of nitrogens with zero attached hydrogens (tertiary/aromatic N) is 1. The Labute approximate surface area is 108 Å². The smallest absolute Gasteiger partial charge is 0.167 e. The molecule has 0 saturated carbocycles. The van der Waals surface area contributed by atoms with Crippen molar-refractivity contribution in [3.05, 3.63) is 58.7 Å². The van der Waals surface area contributed by atoms with Crippen LogP contribution in [0.1, 0.15) is 5.56 Å². The minimum atomic E-state index is -1.73. The fraction of sp³-hybridized carbons (Fsp3) is 0. The zero-order chi connectivity index (χ0) is 15.0. The third-order valence-corrected chi connectivity index (χ3v) is 2.54. The quantitative estimate of drug-likeness (QED) is 0.573. The normalized spacial score (nSPS) is 10.4. The molecule has 0 unspecified atom stereocenters. The van der Waals surface area contributed by atoms with Gasteiger partial charge < -0.3 is 0 Å². The summed E-state index contributed by atoms with van der Waals surface area (Å²) >= 11 is 0. The van der Waals surface area contributed by atoms with Crippen LogP contribution in [0.2, 0.25) is 0 Å². The molecule has 0 amide bonds. The lowest BCUT2D eigenvalue weighted by atomic mass is 10.0. The van der Waals surface area contributed by atoms with Gasteiger partial charge in [-0.1, -0.05) is 0 Å². The molecule has 0 aromatic heterocycles. The summed E-state index contributed by atoms with van der Waals surface area (Å²) in [6.45, 7) is 0. The lowest BCUT2D eigenvalue weighted by molar-refractivity contribution is 0.494. The molecule has 0 aliphatic rings. The molecule has 1 nitrogen and oxygen atoms in total. The predicted molar refractivity (Wildman–Crippen MR) is 56.3 cm³/mol. The van der Waals surface area contributed by atoms with E-state index in [2.05, 4.69) is 0 Å². The van der Waals surface area contributed by atoms with E-state index in [-0.39, 0.29) is 12.1 Å². The molecule has 2 aromatic rings. The predicted octanol–water partition coefficient (Wildman–Crippen LogP) is 4.06. The third-order valence-electron chi connectivity index (χ3n) is 2.54. The summed E-state index contributed by atoms with van der Waals surface area (Å²) < 4.78 is 80.1. The summed E-state index contributed by atoms with van der Waals surface area (Å²) in [6.07, 6.45) is 0. The molecule has 0 atom stereocenters. The number of hydrogen-bond donors (Lipinski definition) is 0. The van der Waals surface area contributed by atoms with Gasteiger partial charge in [0.15, 0.2) is 17.5 Å². The van der Waals surface area contributed by atoms with E-state index in [0.29, 0.717) is 6.07 Å². The second kappa shape index (κ2) is 4.89. The minimum Gasteiger partial charge on any atom is -0.207 e. The molecule has 0 saturated heterocycles. The molecule has 0 spiro atoms. The van der Waals surface area contributed by atoms with Crippen molar-refractivity contribution in [3.8, 4) is 17.2 Å². The van der Waals surface area contributed by atoms with E-state index in [1.807, 2.05) is 0 Å². The maximum atomic E-state index is 13.8.